The van der Waals surface area contributed by atoms with E-state index in [1.54, 1.807) is 6.92 Å². The molecule has 36 heavy (non-hydrogen) atoms. The summed E-state index contributed by atoms with van der Waals surface area (Å²) in [6.07, 6.45) is 9.38. The molecule has 1 saturated carbocycles. The molecule has 2 aromatic rings. The Morgan fingerprint density at radius 3 is 2.17 bits per heavy atom. The summed E-state index contributed by atoms with van der Waals surface area (Å²) in [5, 5.41) is 7.75. The molecule has 0 amide bonds. The van der Waals surface area contributed by atoms with E-state index < -0.39 is 0 Å². The number of likely N-dealkylation sites (tertiary alicyclic amines) is 1. The topological polar surface area (TPSA) is 40.5 Å². The summed E-state index contributed by atoms with van der Waals surface area (Å²) in [7, 11) is 0. The number of carboxylic acid groups (broad SMARTS) is 1. The Balaban J connectivity index is 0.000000263. The lowest BCUT2D eigenvalue weighted by molar-refractivity contribution is -0.122. The Morgan fingerprint density at radius 2 is 1.69 bits per heavy atom. The van der Waals surface area contributed by atoms with Gasteiger partial charge in [0.05, 0.1) is 0 Å². The van der Waals surface area contributed by atoms with Crippen LogP contribution >= 0.6 is 11.6 Å². The van der Waals surface area contributed by atoms with Gasteiger partial charge in [-0.25, -0.2) is 8.78 Å². The monoisotopic (exact) mass is 523 g/mol. The van der Waals surface area contributed by atoms with Crippen LogP contribution in [0, 0.1) is 37.3 Å². The van der Waals surface area contributed by atoms with Crippen molar-refractivity contribution in [3.8, 4) is 0 Å². The van der Waals surface area contributed by atoms with Gasteiger partial charge in [0.15, 0.2) is 0 Å². The molecule has 0 aromatic heterocycles. The average Bonchev–Trinajstić information content (AvgIpc) is 3.36. The van der Waals surface area contributed by atoms with Crippen LogP contribution < -0.4 is 0 Å². The molecule has 2 aliphatic rings. The summed E-state index contributed by atoms with van der Waals surface area (Å²) in [6.45, 7) is 13.1. The average molecular weight is 524 g/mol. The van der Waals surface area contributed by atoms with E-state index >= 15 is 0 Å². The minimum atomic E-state index is -0.377. The fraction of sp³-hybridized carbons (Fsp3) is 0.567. The normalized spacial score (nSPS) is 17.8. The predicted molar refractivity (Wildman–Crippen MR) is 147 cm³/mol. The third kappa shape index (κ3) is 11.8. The van der Waals surface area contributed by atoms with Crippen LogP contribution in [0.15, 0.2) is 36.4 Å². The highest BCUT2D eigenvalue weighted by Gasteiger charge is 2.30. The zero-order chi connectivity index (χ0) is 27.1. The number of nitrogens with zero attached hydrogens (tertiary/aromatic N) is 1. The second-order valence-corrected chi connectivity index (χ2v) is 10.4. The molecule has 0 bridgehead atoms. The minimum Gasteiger partial charge on any atom is -0.483 e. The first-order chi connectivity index (χ1) is 17.1. The van der Waals surface area contributed by atoms with Crippen molar-refractivity contribution in [3.63, 3.8) is 0 Å². The lowest BCUT2D eigenvalue weighted by Gasteiger charge is -2.31. The third-order valence-electron chi connectivity index (χ3n) is 7.01. The number of carbonyl (C=O) groups is 1. The molecule has 1 atom stereocenters. The van der Waals surface area contributed by atoms with Gasteiger partial charge in [0, 0.05) is 17.6 Å². The van der Waals surface area contributed by atoms with Crippen LogP contribution in [0.3, 0.4) is 0 Å². The standard InChI is InChI=1S/C13H25N.C8H9Cl.C8H8F2.CH2O2/c1-11(2)12-8-9-14(10-12)13-6-4-3-5-7-13;1-6-3-4-7(2)8(9)5-6;1-2-6-5-7(9)3-4-8(6)10;2-1-3/h11-13H,3-10H2,1-2H3;3-5H,1-2H3;3-5H,2H2,1H3;1H,(H,2,3). The predicted octanol–water partition coefficient (Wildman–Crippen LogP) is 8.48. The number of hydrogen-bond acceptors (Lipinski definition) is 2. The Morgan fingerprint density at radius 1 is 1.06 bits per heavy atom. The zero-order valence-corrected chi connectivity index (χ0v) is 23.3. The molecule has 1 N–H and O–H groups in total. The molecule has 1 heterocycles. The van der Waals surface area contributed by atoms with E-state index in [0.29, 0.717) is 12.0 Å². The van der Waals surface area contributed by atoms with Gasteiger partial charge in [-0.3, -0.25) is 4.79 Å². The fourth-order valence-corrected chi connectivity index (χ4v) is 4.88. The molecule has 2 aromatic carbocycles. The Bertz CT molecular complexity index is 901. The van der Waals surface area contributed by atoms with Gasteiger partial charge in [0.25, 0.3) is 6.47 Å². The van der Waals surface area contributed by atoms with E-state index in [9.17, 15) is 8.78 Å². The number of hydrogen-bond donors (Lipinski definition) is 1. The first-order valence-corrected chi connectivity index (χ1v) is 13.5. The van der Waals surface area contributed by atoms with Gasteiger partial charge >= 0.3 is 0 Å². The van der Waals surface area contributed by atoms with E-state index in [-0.39, 0.29) is 18.1 Å². The van der Waals surface area contributed by atoms with Crippen molar-refractivity contribution in [2.24, 2.45) is 11.8 Å². The summed E-state index contributed by atoms with van der Waals surface area (Å²) in [5.41, 5.74) is 2.79. The van der Waals surface area contributed by atoms with Gasteiger partial charge in [0.2, 0.25) is 0 Å². The van der Waals surface area contributed by atoms with Crippen molar-refractivity contribution >= 4 is 18.1 Å². The molecule has 1 unspecified atom stereocenters. The fourth-order valence-electron chi connectivity index (χ4n) is 4.65. The maximum Gasteiger partial charge on any atom is 0.290 e. The smallest absolute Gasteiger partial charge is 0.290 e. The zero-order valence-electron chi connectivity index (χ0n) is 22.6. The van der Waals surface area contributed by atoms with Crippen LogP contribution in [0.1, 0.15) is 76.0 Å². The molecular formula is C30H44ClF2NO2. The molecule has 1 saturated heterocycles. The molecule has 6 heteroatoms. The molecule has 1 aliphatic heterocycles. The van der Waals surface area contributed by atoms with Gasteiger partial charge in [-0.1, -0.05) is 63.8 Å². The molecule has 0 radical (unpaired) electrons. The van der Waals surface area contributed by atoms with Crippen LogP contribution in [0.5, 0.6) is 0 Å². The number of benzene rings is 2. The highest BCUT2D eigenvalue weighted by molar-refractivity contribution is 6.31. The van der Waals surface area contributed by atoms with Crippen molar-refractivity contribution in [2.75, 3.05) is 13.1 Å². The van der Waals surface area contributed by atoms with Crippen LogP contribution in [-0.2, 0) is 11.2 Å². The molecule has 3 nitrogen and oxygen atoms in total. The Hall–Kier alpha value is -1.98. The second kappa shape index (κ2) is 17.5. The van der Waals surface area contributed by atoms with Gasteiger partial charge in [-0.05, 0) is 98.9 Å². The largest absolute Gasteiger partial charge is 0.483 e. The summed E-state index contributed by atoms with van der Waals surface area (Å²) in [6, 6.07) is 10.5. The molecule has 2 fully saturated rings. The summed E-state index contributed by atoms with van der Waals surface area (Å²) >= 11 is 5.81. The second-order valence-electron chi connectivity index (χ2n) is 10.0. The van der Waals surface area contributed by atoms with Crippen LogP contribution in [0.25, 0.3) is 0 Å². The van der Waals surface area contributed by atoms with E-state index in [1.807, 2.05) is 26.0 Å². The van der Waals surface area contributed by atoms with Gasteiger partial charge in [-0.2, -0.15) is 0 Å². The van der Waals surface area contributed by atoms with Crippen molar-refractivity contribution in [3.05, 3.63) is 69.7 Å². The van der Waals surface area contributed by atoms with E-state index in [4.69, 9.17) is 21.5 Å². The highest BCUT2D eigenvalue weighted by atomic mass is 35.5. The lowest BCUT2D eigenvalue weighted by Crippen LogP contribution is -2.35. The van der Waals surface area contributed by atoms with Crippen molar-refractivity contribution in [2.45, 2.75) is 85.6 Å². The summed E-state index contributed by atoms with van der Waals surface area (Å²) < 4.78 is 25.0. The SMILES string of the molecule is CC(C)C1CCN(C2CCCCC2)C1.CCc1cc(F)ccc1F.Cc1ccc(C)c(Cl)c1.O=CO. The maximum absolute atomic E-state index is 12.6. The molecule has 202 valence electrons. The first-order valence-electron chi connectivity index (χ1n) is 13.1. The quantitative estimate of drug-likeness (QED) is 0.410. The molecule has 0 spiro atoms. The number of aryl methyl sites for hydroxylation is 3. The van der Waals surface area contributed by atoms with E-state index in [1.165, 1.54) is 63.2 Å². The van der Waals surface area contributed by atoms with E-state index in [2.05, 4.69) is 24.8 Å². The maximum atomic E-state index is 12.6. The van der Waals surface area contributed by atoms with Gasteiger partial charge < -0.3 is 10.0 Å². The van der Waals surface area contributed by atoms with Crippen LogP contribution in [0.2, 0.25) is 5.02 Å². The van der Waals surface area contributed by atoms with Crippen LogP contribution in [-0.4, -0.2) is 35.6 Å². The van der Waals surface area contributed by atoms with Crippen molar-refractivity contribution < 1.29 is 18.7 Å². The molecule has 1 aliphatic carbocycles. The van der Waals surface area contributed by atoms with Crippen molar-refractivity contribution in [1.82, 2.24) is 4.90 Å². The minimum absolute atomic E-state index is 0.250. The third-order valence-corrected chi connectivity index (χ3v) is 7.41. The molecule has 4 rings (SSSR count). The van der Waals surface area contributed by atoms with Crippen LogP contribution in [0.4, 0.5) is 8.78 Å². The first kappa shape index (κ1) is 32.0. The molecular weight excluding hydrogens is 480 g/mol. The summed E-state index contributed by atoms with van der Waals surface area (Å²) in [4.78, 5) is 11.1. The highest BCUT2D eigenvalue weighted by Crippen LogP contribution is 2.30. The van der Waals surface area contributed by atoms with Crippen molar-refractivity contribution in [1.29, 1.82) is 0 Å². The van der Waals surface area contributed by atoms with Gasteiger partial charge in [0.1, 0.15) is 11.6 Å². The lowest BCUT2D eigenvalue weighted by atomic mass is 9.93. The summed E-state index contributed by atoms with van der Waals surface area (Å²) in [5.74, 6) is 1.17. The van der Waals surface area contributed by atoms with Gasteiger partial charge in [-0.15, -0.1) is 0 Å². The number of rotatable bonds is 3. The number of halogens is 3. The Labute approximate surface area is 221 Å². The Kier molecular flexibility index (Phi) is 15.6. The van der Waals surface area contributed by atoms with E-state index in [0.717, 1.165) is 40.6 Å².